The Bertz CT molecular complexity index is 1570. The van der Waals surface area contributed by atoms with E-state index >= 15 is 0 Å². The number of nitrogens with zero attached hydrogens (tertiary/aromatic N) is 2. The molecule has 4 aromatic carbocycles. The second kappa shape index (κ2) is 9.25. The van der Waals surface area contributed by atoms with Crippen LogP contribution in [0.4, 0.5) is 14.5 Å². The fourth-order valence-electron chi connectivity index (χ4n) is 4.30. The van der Waals surface area contributed by atoms with E-state index in [0.29, 0.717) is 10.9 Å². The van der Waals surface area contributed by atoms with Crippen LogP contribution >= 0.6 is 0 Å². The van der Waals surface area contributed by atoms with Gasteiger partial charge in [-0.05, 0) is 64.9 Å². The summed E-state index contributed by atoms with van der Waals surface area (Å²) >= 11 is 0. The zero-order chi connectivity index (χ0) is 25.4. The molecule has 0 aromatic heterocycles. The van der Waals surface area contributed by atoms with Gasteiger partial charge < -0.3 is 0 Å². The van der Waals surface area contributed by atoms with Crippen molar-refractivity contribution in [3.63, 3.8) is 0 Å². The second-order valence-electron chi connectivity index (χ2n) is 8.45. The van der Waals surface area contributed by atoms with Gasteiger partial charge in [-0.15, -0.1) is 0 Å². The number of amides is 2. The van der Waals surface area contributed by atoms with Gasteiger partial charge in [0, 0.05) is 6.54 Å². The van der Waals surface area contributed by atoms with Crippen LogP contribution in [0.15, 0.2) is 95.9 Å². The fourth-order valence-corrected chi connectivity index (χ4v) is 5.90. The Morgan fingerprint density at radius 3 is 2.08 bits per heavy atom. The van der Waals surface area contributed by atoms with E-state index in [1.54, 1.807) is 18.2 Å². The SMILES string of the molecule is O=C1CC(N(Cc2ccc(F)cc2)S(=O)(=O)c2ccc3ccccc3c2)C(=O)N1c1ccc(F)cc1. The molecule has 1 heterocycles. The Morgan fingerprint density at radius 1 is 0.806 bits per heavy atom. The van der Waals surface area contributed by atoms with Crippen molar-refractivity contribution < 1.29 is 26.8 Å². The third kappa shape index (κ3) is 4.38. The number of hydrogen-bond donors (Lipinski definition) is 0. The number of sulfonamides is 1. The molecule has 5 rings (SSSR count). The highest BCUT2D eigenvalue weighted by Crippen LogP contribution is 2.31. The summed E-state index contributed by atoms with van der Waals surface area (Å²) < 4.78 is 55.7. The first-order chi connectivity index (χ1) is 17.2. The van der Waals surface area contributed by atoms with Crippen LogP contribution in [0.1, 0.15) is 12.0 Å². The lowest BCUT2D eigenvalue weighted by Gasteiger charge is -2.27. The predicted molar refractivity (Wildman–Crippen MR) is 130 cm³/mol. The van der Waals surface area contributed by atoms with E-state index in [-0.39, 0.29) is 23.5 Å². The monoisotopic (exact) mass is 506 g/mol. The molecule has 6 nitrogen and oxygen atoms in total. The molecular weight excluding hydrogens is 486 g/mol. The highest BCUT2D eigenvalue weighted by Gasteiger charge is 2.47. The van der Waals surface area contributed by atoms with Gasteiger partial charge in [-0.1, -0.05) is 42.5 Å². The second-order valence-corrected chi connectivity index (χ2v) is 10.3. The largest absolute Gasteiger partial charge is 0.274 e. The van der Waals surface area contributed by atoms with E-state index in [1.807, 2.05) is 12.1 Å². The number of hydrogen-bond acceptors (Lipinski definition) is 4. The summed E-state index contributed by atoms with van der Waals surface area (Å²) in [5.41, 5.74) is 0.597. The first-order valence-corrected chi connectivity index (χ1v) is 12.6. The van der Waals surface area contributed by atoms with Crippen LogP contribution in [0.2, 0.25) is 0 Å². The molecular formula is C27H20F2N2O4S. The molecule has 0 bridgehead atoms. The molecule has 1 atom stereocenters. The molecule has 1 aliphatic rings. The van der Waals surface area contributed by atoms with Crippen LogP contribution < -0.4 is 4.90 Å². The van der Waals surface area contributed by atoms with Crippen molar-refractivity contribution in [2.45, 2.75) is 23.9 Å². The molecule has 2 amide bonds. The standard InChI is InChI=1S/C27H20F2N2O4S/c28-21-8-5-18(6-9-21)17-30(36(34,35)24-14-7-19-3-1-2-4-20(19)15-24)25-16-26(32)31(27(25)33)23-12-10-22(29)11-13-23/h1-15,25H,16-17H2. The van der Waals surface area contributed by atoms with Crippen LogP contribution in [0, 0.1) is 11.6 Å². The Morgan fingerprint density at radius 2 is 1.42 bits per heavy atom. The molecule has 9 heteroatoms. The van der Waals surface area contributed by atoms with Crippen molar-refractivity contribution in [1.82, 2.24) is 4.31 Å². The first-order valence-electron chi connectivity index (χ1n) is 11.1. The van der Waals surface area contributed by atoms with E-state index in [4.69, 9.17) is 0 Å². The maximum Gasteiger partial charge on any atom is 0.252 e. The third-order valence-electron chi connectivity index (χ3n) is 6.13. The van der Waals surface area contributed by atoms with Crippen LogP contribution in [-0.2, 0) is 26.2 Å². The summed E-state index contributed by atoms with van der Waals surface area (Å²) in [6.45, 7) is -0.254. The quantitative estimate of drug-likeness (QED) is 0.357. The van der Waals surface area contributed by atoms with Gasteiger partial charge in [-0.2, -0.15) is 4.31 Å². The Hall–Kier alpha value is -3.95. The maximum atomic E-state index is 13.9. The van der Waals surface area contributed by atoms with Crippen molar-refractivity contribution >= 4 is 38.3 Å². The van der Waals surface area contributed by atoms with Crippen LogP contribution in [0.5, 0.6) is 0 Å². The molecule has 0 spiro atoms. The molecule has 1 saturated heterocycles. The molecule has 182 valence electrons. The van der Waals surface area contributed by atoms with Crippen molar-refractivity contribution in [1.29, 1.82) is 0 Å². The van der Waals surface area contributed by atoms with Gasteiger partial charge in [0.2, 0.25) is 15.9 Å². The number of carbonyl (C=O) groups is 2. The lowest BCUT2D eigenvalue weighted by Crippen LogP contribution is -2.45. The number of fused-ring (bicyclic) bond motifs is 1. The summed E-state index contributed by atoms with van der Waals surface area (Å²) in [4.78, 5) is 27.1. The average molecular weight is 507 g/mol. The molecule has 0 saturated carbocycles. The van der Waals surface area contributed by atoms with Crippen molar-refractivity contribution in [3.8, 4) is 0 Å². The topological polar surface area (TPSA) is 74.8 Å². The summed E-state index contributed by atoms with van der Waals surface area (Å²) in [5.74, 6) is -2.36. The van der Waals surface area contributed by atoms with E-state index in [2.05, 4.69) is 0 Å². The summed E-state index contributed by atoms with van der Waals surface area (Å²) in [6.07, 6.45) is -0.385. The van der Waals surface area contributed by atoms with Crippen molar-refractivity contribution in [2.75, 3.05) is 4.90 Å². The third-order valence-corrected chi connectivity index (χ3v) is 7.99. The molecule has 0 aliphatic carbocycles. The number of halogens is 2. The maximum absolute atomic E-state index is 13.9. The summed E-state index contributed by atoms with van der Waals surface area (Å²) in [5, 5.41) is 1.54. The number of imide groups is 1. The lowest BCUT2D eigenvalue weighted by molar-refractivity contribution is -0.122. The molecule has 0 N–H and O–H groups in total. The minimum atomic E-state index is -4.27. The van der Waals surface area contributed by atoms with Gasteiger partial charge >= 0.3 is 0 Å². The van der Waals surface area contributed by atoms with Gasteiger partial charge in [-0.25, -0.2) is 22.1 Å². The van der Waals surface area contributed by atoms with E-state index in [1.165, 1.54) is 48.5 Å². The number of benzene rings is 4. The molecule has 1 aliphatic heterocycles. The van der Waals surface area contributed by atoms with Gasteiger partial charge in [0.25, 0.3) is 5.91 Å². The first kappa shape index (κ1) is 23.8. The van der Waals surface area contributed by atoms with E-state index in [9.17, 15) is 26.8 Å². The van der Waals surface area contributed by atoms with Crippen molar-refractivity contribution in [3.05, 3.63) is 108 Å². The van der Waals surface area contributed by atoms with Gasteiger partial charge in [0.15, 0.2) is 0 Å². The number of rotatable bonds is 6. The fraction of sp³-hybridized carbons (Fsp3) is 0.111. The normalized spacial score (nSPS) is 16.3. The molecule has 36 heavy (non-hydrogen) atoms. The van der Waals surface area contributed by atoms with Gasteiger partial charge in [0.1, 0.15) is 17.7 Å². The number of carbonyl (C=O) groups excluding carboxylic acids is 2. The lowest BCUT2D eigenvalue weighted by atomic mass is 10.1. The Balaban J connectivity index is 1.57. The average Bonchev–Trinajstić information content (AvgIpc) is 3.17. The van der Waals surface area contributed by atoms with Gasteiger partial charge in [-0.3, -0.25) is 9.59 Å². The smallest absolute Gasteiger partial charge is 0.252 e. The molecule has 4 aromatic rings. The minimum absolute atomic E-state index is 0.0382. The van der Waals surface area contributed by atoms with E-state index in [0.717, 1.165) is 26.7 Å². The Kier molecular flexibility index (Phi) is 6.11. The zero-order valence-corrected chi connectivity index (χ0v) is 19.7. The molecule has 0 radical (unpaired) electrons. The van der Waals surface area contributed by atoms with E-state index < -0.39 is 39.5 Å². The van der Waals surface area contributed by atoms with Crippen LogP contribution in [0.3, 0.4) is 0 Å². The predicted octanol–water partition coefficient (Wildman–Crippen LogP) is 4.64. The highest BCUT2D eigenvalue weighted by atomic mass is 32.2. The summed E-state index contributed by atoms with van der Waals surface area (Å²) in [6, 6.07) is 20.6. The van der Waals surface area contributed by atoms with Crippen LogP contribution in [-0.4, -0.2) is 30.6 Å². The molecule has 1 unspecified atom stereocenters. The van der Waals surface area contributed by atoms with Gasteiger partial charge in [0.05, 0.1) is 17.0 Å². The molecule has 1 fully saturated rings. The van der Waals surface area contributed by atoms with Crippen molar-refractivity contribution in [2.24, 2.45) is 0 Å². The Labute approximate surface area is 206 Å². The number of anilines is 1. The van der Waals surface area contributed by atoms with Crippen LogP contribution in [0.25, 0.3) is 10.8 Å². The summed E-state index contributed by atoms with van der Waals surface area (Å²) in [7, 11) is -4.27. The highest BCUT2D eigenvalue weighted by molar-refractivity contribution is 7.89. The zero-order valence-electron chi connectivity index (χ0n) is 18.8. The minimum Gasteiger partial charge on any atom is -0.274 e.